The molecule has 0 radical (unpaired) electrons. The summed E-state index contributed by atoms with van der Waals surface area (Å²) in [6, 6.07) is 3.98. The molecule has 0 amide bonds. The van der Waals surface area contributed by atoms with Crippen LogP contribution in [0, 0.1) is 12.7 Å². The number of ether oxygens (including phenoxy) is 1. The summed E-state index contributed by atoms with van der Waals surface area (Å²) in [7, 11) is 0. The summed E-state index contributed by atoms with van der Waals surface area (Å²) < 4.78 is 46.3. The molecule has 0 bridgehead atoms. The fourth-order valence-electron chi connectivity index (χ4n) is 4.00. The number of aliphatic hydroxyl groups excluding tert-OH is 2. The van der Waals surface area contributed by atoms with Crippen molar-refractivity contribution in [2.75, 3.05) is 6.61 Å². The molecule has 0 saturated heterocycles. The number of H-pyrrole nitrogens is 1. The topological polar surface area (TPSA) is 96.2 Å². The van der Waals surface area contributed by atoms with Gasteiger partial charge in [0.25, 0.3) is 0 Å². The van der Waals surface area contributed by atoms with Crippen molar-refractivity contribution in [3.05, 3.63) is 64.5 Å². The lowest BCUT2D eigenvalue weighted by atomic mass is 9.91. The van der Waals surface area contributed by atoms with Crippen molar-refractivity contribution in [3.8, 4) is 16.9 Å². The summed E-state index contributed by atoms with van der Waals surface area (Å²) in [5.74, 6) is -1.55. The van der Waals surface area contributed by atoms with E-state index in [1.54, 1.807) is 25.5 Å². The minimum Gasteiger partial charge on any atom is -0.434 e. The van der Waals surface area contributed by atoms with E-state index in [9.17, 15) is 18.3 Å². The fourth-order valence-corrected chi connectivity index (χ4v) is 4.32. The Bertz CT molecular complexity index is 1320. The zero-order chi connectivity index (χ0) is 24.6. The molecular weight excluding hydrogens is 473 g/mol. The zero-order valence-electron chi connectivity index (χ0n) is 18.3. The highest BCUT2D eigenvalue weighted by Gasteiger charge is 2.25. The molecule has 4 aromatic rings. The van der Waals surface area contributed by atoms with Crippen LogP contribution in [0.3, 0.4) is 0 Å². The van der Waals surface area contributed by atoms with Crippen LogP contribution in [0.15, 0.2) is 36.8 Å². The van der Waals surface area contributed by atoms with E-state index in [1.165, 1.54) is 4.68 Å². The molecule has 11 heteroatoms. The monoisotopic (exact) mass is 494 g/mol. The number of nitrogens with zero attached hydrogens (tertiary/aromatic N) is 3. The summed E-state index contributed by atoms with van der Waals surface area (Å²) in [6.07, 6.45) is 4.13. The molecule has 0 aliphatic heterocycles. The highest BCUT2D eigenvalue weighted by molar-refractivity contribution is 6.31. The van der Waals surface area contributed by atoms with E-state index < -0.39 is 24.5 Å². The first kappa shape index (κ1) is 24.1. The van der Waals surface area contributed by atoms with E-state index in [4.69, 9.17) is 16.7 Å². The van der Waals surface area contributed by atoms with Crippen molar-refractivity contribution >= 4 is 22.6 Å². The largest absolute Gasteiger partial charge is 0.434 e. The Labute approximate surface area is 197 Å². The first-order valence-corrected chi connectivity index (χ1v) is 10.8. The third kappa shape index (κ3) is 4.61. The van der Waals surface area contributed by atoms with Gasteiger partial charge in [0.05, 0.1) is 30.0 Å². The number of aromatic nitrogens is 4. The lowest BCUT2D eigenvalue weighted by molar-refractivity contribution is -0.0505. The molecule has 0 spiro atoms. The Kier molecular flexibility index (Phi) is 6.83. The number of hydrogen-bond donors (Lipinski definition) is 3. The number of fused-ring (bicyclic) bond motifs is 1. The van der Waals surface area contributed by atoms with Crippen LogP contribution in [0.4, 0.5) is 13.2 Å². The number of benzene rings is 1. The molecule has 0 aliphatic carbocycles. The second-order valence-electron chi connectivity index (χ2n) is 7.92. The third-order valence-corrected chi connectivity index (χ3v) is 6.02. The van der Waals surface area contributed by atoms with Gasteiger partial charge in [0.1, 0.15) is 17.2 Å². The molecule has 0 saturated carbocycles. The fraction of sp³-hybridized carbons (Fsp3) is 0.304. The summed E-state index contributed by atoms with van der Waals surface area (Å²) in [6.45, 7) is 0.181. The van der Waals surface area contributed by atoms with Gasteiger partial charge in [-0.05, 0) is 30.7 Å². The van der Waals surface area contributed by atoms with E-state index in [0.717, 1.165) is 23.3 Å². The Morgan fingerprint density at radius 3 is 2.76 bits per heavy atom. The minimum atomic E-state index is -3.09. The lowest BCUT2D eigenvalue weighted by Gasteiger charge is -2.18. The Balaban J connectivity index is 1.77. The summed E-state index contributed by atoms with van der Waals surface area (Å²) in [5.41, 5.74) is 3.52. The van der Waals surface area contributed by atoms with Gasteiger partial charge < -0.3 is 19.9 Å². The average Bonchev–Trinajstić information content (AvgIpc) is 3.38. The zero-order valence-corrected chi connectivity index (χ0v) is 19.0. The van der Waals surface area contributed by atoms with Crippen LogP contribution >= 0.6 is 11.6 Å². The van der Waals surface area contributed by atoms with Gasteiger partial charge in [-0.15, -0.1) is 0 Å². The van der Waals surface area contributed by atoms with E-state index in [2.05, 4.69) is 19.8 Å². The van der Waals surface area contributed by atoms with Crippen LogP contribution < -0.4 is 4.74 Å². The summed E-state index contributed by atoms with van der Waals surface area (Å²) in [4.78, 5) is 7.50. The lowest BCUT2D eigenvalue weighted by Crippen LogP contribution is -2.20. The molecule has 4 rings (SSSR count). The summed E-state index contributed by atoms with van der Waals surface area (Å²) in [5, 5.41) is 23.5. The maximum absolute atomic E-state index is 14.2. The highest BCUT2D eigenvalue weighted by atomic mass is 35.5. The SMILES string of the molecule is Cc1nn(CC(O)CO)cc1-c1cnc2[nH]cc([C@H](C)c3c(OC(F)F)ccc(F)c3Cl)c2c1. The van der Waals surface area contributed by atoms with Gasteiger partial charge in [-0.25, -0.2) is 9.37 Å². The first-order valence-electron chi connectivity index (χ1n) is 10.4. The first-order chi connectivity index (χ1) is 16.2. The Morgan fingerprint density at radius 1 is 1.29 bits per heavy atom. The van der Waals surface area contributed by atoms with Crippen molar-refractivity contribution in [2.24, 2.45) is 0 Å². The molecule has 0 aliphatic rings. The number of pyridine rings is 1. The molecule has 0 fully saturated rings. The van der Waals surface area contributed by atoms with Crippen molar-refractivity contribution < 1.29 is 28.1 Å². The van der Waals surface area contributed by atoms with E-state index in [0.29, 0.717) is 22.3 Å². The van der Waals surface area contributed by atoms with Crippen molar-refractivity contribution in [1.82, 2.24) is 19.7 Å². The normalized spacial score (nSPS) is 13.6. The molecule has 34 heavy (non-hydrogen) atoms. The third-order valence-electron chi connectivity index (χ3n) is 5.64. The summed E-state index contributed by atoms with van der Waals surface area (Å²) >= 11 is 6.17. The second kappa shape index (κ2) is 9.65. The van der Waals surface area contributed by atoms with E-state index >= 15 is 0 Å². The van der Waals surface area contributed by atoms with Crippen LogP contribution in [0.1, 0.15) is 29.7 Å². The maximum Gasteiger partial charge on any atom is 0.387 e. The van der Waals surface area contributed by atoms with Gasteiger partial charge in [0.15, 0.2) is 0 Å². The molecule has 1 aromatic carbocycles. The number of halogens is 4. The molecule has 2 atom stereocenters. The van der Waals surface area contributed by atoms with Gasteiger partial charge in [-0.1, -0.05) is 18.5 Å². The second-order valence-corrected chi connectivity index (χ2v) is 8.30. The Morgan fingerprint density at radius 2 is 2.06 bits per heavy atom. The van der Waals surface area contributed by atoms with Gasteiger partial charge in [-0.3, -0.25) is 4.68 Å². The smallest absolute Gasteiger partial charge is 0.387 e. The number of rotatable bonds is 8. The van der Waals surface area contributed by atoms with Gasteiger partial charge >= 0.3 is 6.61 Å². The number of alkyl halides is 2. The quantitative estimate of drug-likeness (QED) is 0.332. The predicted octanol–water partition coefficient (Wildman–Crippen LogP) is 4.63. The highest BCUT2D eigenvalue weighted by Crippen LogP contribution is 2.41. The van der Waals surface area contributed by atoms with Gasteiger partial charge in [0.2, 0.25) is 0 Å². The molecule has 3 heterocycles. The number of aryl methyl sites for hydroxylation is 1. The van der Waals surface area contributed by atoms with Crippen molar-refractivity contribution in [3.63, 3.8) is 0 Å². The number of aromatic amines is 1. The van der Waals surface area contributed by atoms with Gasteiger partial charge in [-0.2, -0.15) is 13.9 Å². The predicted molar refractivity (Wildman–Crippen MR) is 121 cm³/mol. The van der Waals surface area contributed by atoms with Crippen LogP contribution in [0.5, 0.6) is 5.75 Å². The maximum atomic E-state index is 14.2. The molecule has 3 N–H and O–H groups in total. The Hall–Kier alpha value is -3.08. The van der Waals surface area contributed by atoms with Gasteiger partial charge in [0, 0.05) is 46.6 Å². The average molecular weight is 495 g/mol. The van der Waals surface area contributed by atoms with Crippen molar-refractivity contribution in [2.45, 2.75) is 39.0 Å². The standard InChI is InChI=1S/C23H22ClF3N4O3/c1-11(20-19(34-23(26)27)4-3-18(25)21(20)24)16-7-29-22-15(16)5-13(6-28-22)17-9-31(30-12(17)2)8-14(33)10-32/h3-7,9,11,14,23,32-33H,8,10H2,1-2H3,(H,28,29)/t11-,14?/m0/s1. The van der Waals surface area contributed by atoms with Crippen LogP contribution in [0.2, 0.25) is 5.02 Å². The molecule has 7 nitrogen and oxygen atoms in total. The van der Waals surface area contributed by atoms with Crippen LogP contribution in [0.25, 0.3) is 22.2 Å². The number of hydrogen-bond acceptors (Lipinski definition) is 5. The molecule has 180 valence electrons. The molecule has 1 unspecified atom stereocenters. The molecule has 3 aromatic heterocycles. The number of aliphatic hydroxyl groups is 2. The molecular formula is C23H22ClF3N4O3. The number of nitrogens with one attached hydrogen (secondary N) is 1. The van der Waals surface area contributed by atoms with E-state index in [-0.39, 0.29) is 29.5 Å². The van der Waals surface area contributed by atoms with Crippen molar-refractivity contribution in [1.29, 1.82) is 0 Å². The minimum absolute atomic E-state index is 0.107. The van der Waals surface area contributed by atoms with Crippen LogP contribution in [-0.4, -0.2) is 49.3 Å². The van der Waals surface area contributed by atoms with E-state index in [1.807, 2.05) is 13.0 Å². The van der Waals surface area contributed by atoms with Crippen LogP contribution in [-0.2, 0) is 6.54 Å².